The molecule has 3 heteroatoms. The van der Waals surface area contributed by atoms with Crippen LogP contribution in [0.1, 0.15) is 33.2 Å². The Balaban J connectivity index is 1.88. The molecule has 0 spiro atoms. The van der Waals surface area contributed by atoms with Crippen LogP contribution in [-0.2, 0) is 0 Å². The minimum absolute atomic E-state index is 0.0199. The number of benzene rings is 3. The van der Waals surface area contributed by atoms with Gasteiger partial charge in [0.25, 0.3) is 5.91 Å². The van der Waals surface area contributed by atoms with Gasteiger partial charge in [-0.05, 0) is 54.8 Å². The molecular formula is C22H20N2O. The molecule has 1 N–H and O–H groups in total. The van der Waals surface area contributed by atoms with Gasteiger partial charge < -0.3 is 5.32 Å². The van der Waals surface area contributed by atoms with E-state index in [4.69, 9.17) is 0 Å². The van der Waals surface area contributed by atoms with Gasteiger partial charge in [-0.25, -0.2) is 0 Å². The molecule has 0 aromatic heterocycles. The van der Waals surface area contributed by atoms with E-state index in [9.17, 15) is 4.79 Å². The number of rotatable bonds is 2. The lowest BCUT2D eigenvalue weighted by molar-refractivity contribution is 0.0975. The fourth-order valence-corrected chi connectivity index (χ4v) is 3.26. The lowest BCUT2D eigenvalue weighted by Crippen LogP contribution is -2.43. The van der Waals surface area contributed by atoms with Gasteiger partial charge in [-0.2, -0.15) is 0 Å². The smallest absolute Gasteiger partial charge is 0.262 e. The van der Waals surface area contributed by atoms with Crippen LogP contribution in [0.3, 0.4) is 0 Å². The first kappa shape index (κ1) is 15.5. The van der Waals surface area contributed by atoms with E-state index in [1.807, 2.05) is 65.6 Å². The molecule has 0 radical (unpaired) electrons. The second-order valence-electron chi connectivity index (χ2n) is 6.45. The zero-order valence-corrected chi connectivity index (χ0v) is 14.4. The molecule has 4 rings (SSSR count). The number of para-hydroxylation sites is 1. The van der Waals surface area contributed by atoms with Crippen LogP contribution in [0, 0.1) is 13.8 Å². The molecule has 0 saturated heterocycles. The molecule has 3 aromatic carbocycles. The summed E-state index contributed by atoms with van der Waals surface area (Å²) in [6.45, 7) is 4.16. The van der Waals surface area contributed by atoms with E-state index in [-0.39, 0.29) is 12.1 Å². The van der Waals surface area contributed by atoms with E-state index in [1.165, 1.54) is 11.1 Å². The molecule has 1 aliphatic rings. The molecular weight excluding hydrogens is 308 g/mol. The quantitative estimate of drug-likeness (QED) is 0.712. The van der Waals surface area contributed by atoms with Gasteiger partial charge in [0.2, 0.25) is 0 Å². The Morgan fingerprint density at radius 1 is 0.840 bits per heavy atom. The van der Waals surface area contributed by atoms with Gasteiger partial charge in [-0.1, -0.05) is 48.5 Å². The third-order valence-electron chi connectivity index (χ3n) is 4.81. The van der Waals surface area contributed by atoms with Crippen molar-refractivity contribution in [1.29, 1.82) is 0 Å². The highest BCUT2D eigenvalue weighted by molar-refractivity contribution is 6.12. The van der Waals surface area contributed by atoms with Crippen LogP contribution >= 0.6 is 0 Å². The molecule has 0 aliphatic carbocycles. The molecule has 0 bridgehead atoms. The van der Waals surface area contributed by atoms with E-state index >= 15 is 0 Å². The van der Waals surface area contributed by atoms with E-state index < -0.39 is 0 Å². The average molecular weight is 328 g/mol. The standard InChI is InChI=1S/C22H20N2O/c1-15-12-13-18(14-16(15)2)24-21(17-8-4-3-5-9-17)23-20-11-7-6-10-19(20)22(24)25/h3-14,21,23H,1-2H3/t21-/m1/s1. The maximum Gasteiger partial charge on any atom is 0.262 e. The minimum Gasteiger partial charge on any atom is -0.360 e. The normalized spacial score (nSPS) is 16.3. The van der Waals surface area contributed by atoms with Crippen LogP contribution in [0.25, 0.3) is 0 Å². The molecule has 1 aliphatic heterocycles. The molecule has 3 aromatic rings. The Morgan fingerprint density at radius 3 is 2.32 bits per heavy atom. The lowest BCUT2D eigenvalue weighted by Gasteiger charge is -2.38. The van der Waals surface area contributed by atoms with Crippen molar-refractivity contribution in [2.75, 3.05) is 10.2 Å². The minimum atomic E-state index is -0.231. The number of carbonyl (C=O) groups excluding carboxylic acids is 1. The number of carbonyl (C=O) groups is 1. The van der Waals surface area contributed by atoms with E-state index in [0.717, 1.165) is 16.9 Å². The van der Waals surface area contributed by atoms with E-state index in [1.54, 1.807) is 0 Å². The van der Waals surface area contributed by atoms with Gasteiger partial charge >= 0.3 is 0 Å². The maximum absolute atomic E-state index is 13.3. The number of nitrogens with zero attached hydrogens (tertiary/aromatic N) is 1. The summed E-state index contributed by atoms with van der Waals surface area (Å²) in [5.74, 6) is 0.0199. The molecule has 0 saturated carbocycles. The molecule has 3 nitrogen and oxygen atoms in total. The molecule has 1 atom stereocenters. The molecule has 1 heterocycles. The topological polar surface area (TPSA) is 32.3 Å². The summed E-state index contributed by atoms with van der Waals surface area (Å²) in [6, 6.07) is 23.9. The first-order valence-corrected chi connectivity index (χ1v) is 8.46. The molecule has 1 amide bonds. The summed E-state index contributed by atoms with van der Waals surface area (Å²) in [5, 5.41) is 3.53. The predicted octanol–water partition coefficient (Wildman–Crippen LogP) is 5.07. The molecule has 25 heavy (non-hydrogen) atoms. The van der Waals surface area contributed by atoms with Gasteiger partial charge in [0.1, 0.15) is 6.17 Å². The van der Waals surface area contributed by atoms with Crippen molar-refractivity contribution >= 4 is 17.3 Å². The number of anilines is 2. The Morgan fingerprint density at radius 2 is 1.56 bits per heavy atom. The van der Waals surface area contributed by atoms with Crippen LogP contribution in [0.2, 0.25) is 0 Å². The first-order chi connectivity index (χ1) is 12.1. The van der Waals surface area contributed by atoms with Crippen LogP contribution in [0.4, 0.5) is 11.4 Å². The Kier molecular flexibility index (Phi) is 3.77. The third-order valence-corrected chi connectivity index (χ3v) is 4.81. The molecule has 0 unspecified atom stereocenters. The van der Waals surface area contributed by atoms with Crippen LogP contribution in [0.5, 0.6) is 0 Å². The van der Waals surface area contributed by atoms with Gasteiger partial charge in [-0.3, -0.25) is 9.69 Å². The van der Waals surface area contributed by atoms with Crippen molar-refractivity contribution in [3.8, 4) is 0 Å². The summed E-state index contributed by atoms with van der Waals surface area (Å²) < 4.78 is 0. The van der Waals surface area contributed by atoms with E-state index in [2.05, 4.69) is 31.3 Å². The summed E-state index contributed by atoms with van der Waals surface area (Å²) in [6.07, 6.45) is -0.231. The highest BCUT2D eigenvalue weighted by Crippen LogP contribution is 2.36. The lowest BCUT2D eigenvalue weighted by atomic mass is 10.0. The third kappa shape index (κ3) is 2.68. The highest BCUT2D eigenvalue weighted by atomic mass is 16.2. The zero-order chi connectivity index (χ0) is 17.4. The number of aryl methyl sites for hydroxylation is 2. The average Bonchev–Trinajstić information content (AvgIpc) is 2.65. The number of fused-ring (bicyclic) bond motifs is 1. The van der Waals surface area contributed by atoms with E-state index in [0.29, 0.717) is 5.56 Å². The van der Waals surface area contributed by atoms with Gasteiger partial charge in [0, 0.05) is 11.4 Å². The largest absolute Gasteiger partial charge is 0.360 e. The fraction of sp³-hybridized carbons (Fsp3) is 0.136. The van der Waals surface area contributed by atoms with Crippen molar-refractivity contribution in [3.05, 3.63) is 95.1 Å². The number of nitrogens with one attached hydrogen (secondary N) is 1. The zero-order valence-electron chi connectivity index (χ0n) is 14.4. The van der Waals surface area contributed by atoms with Crippen molar-refractivity contribution in [3.63, 3.8) is 0 Å². The summed E-state index contributed by atoms with van der Waals surface area (Å²) in [4.78, 5) is 15.1. The van der Waals surface area contributed by atoms with Crippen molar-refractivity contribution in [2.24, 2.45) is 0 Å². The Hall–Kier alpha value is -3.07. The van der Waals surface area contributed by atoms with Crippen LogP contribution in [-0.4, -0.2) is 5.91 Å². The predicted molar refractivity (Wildman–Crippen MR) is 102 cm³/mol. The summed E-state index contributed by atoms with van der Waals surface area (Å²) >= 11 is 0. The number of hydrogen-bond acceptors (Lipinski definition) is 2. The molecule has 0 fully saturated rings. The monoisotopic (exact) mass is 328 g/mol. The van der Waals surface area contributed by atoms with Gasteiger partial charge in [-0.15, -0.1) is 0 Å². The van der Waals surface area contributed by atoms with Gasteiger partial charge in [0.05, 0.1) is 5.56 Å². The van der Waals surface area contributed by atoms with Crippen LogP contribution < -0.4 is 10.2 Å². The first-order valence-electron chi connectivity index (χ1n) is 8.46. The van der Waals surface area contributed by atoms with Crippen LogP contribution in [0.15, 0.2) is 72.8 Å². The fourth-order valence-electron chi connectivity index (χ4n) is 3.26. The van der Waals surface area contributed by atoms with Gasteiger partial charge in [0.15, 0.2) is 0 Å². The maximum atomic E-state index is 13.3. The second kappa shape index (κ2) is 6.10. The van der Waals surface area contributed by atoms with Crippen molar-refractivity contribution < 1.29 is 4.79 Å². The number of hydrogen-bond donors (Lipinski definition) is 1. The van der Waals surface area contributed by atoms with Crippen molar-refractivity contribution in [2.45, 2.75) is 20.0 Å². The summed E-state index contributed by atoms with van der Waals surface area (Å²) in [5.41, 5.74) is 5.94. The summed E-state index contributed by atoms with van der Waals surface area (Å²) in [7, 11) is 0. The highest BCUT2D eigenvalue weighted by Gasteiger charge is 2.33. The Bertz CT molecular complexity index is 934. The number of amides is 1. The molecule has 124 valence electrons. The SMILES string of the molecule is Cc1ccc(N2C(=O)c3ccccc3N[C@H]2c2ccccc2)cc1C. The van der Waals surface area contributed by atoms with Crippen molar-refractivity contribution in [1.82, 2.24) is 0 Å². The Labute approximate surface area is 147 Å². The second-order valence-corrected chi connectivity index (χ2v) is 6.45.